The van der Waals surface area contributed by atoms with Crippen molar-refractivity contribution in [3.63, 3.8) is 0 Å². The summed E-state index contributed by atoms with van der Waals surface area (Å²) in [6, 6.07) is 0. The van der Waals surface area contributed by atoms with Gasteiger partial charge in [-0.25, -0.2) is 0 Å². The molecule has 2 nitrogen and oxygen atoms in total. The molecule has 0 rings (SSSR count). The second-order valence-corrected chi connectivity index (χ2v) is 5.64. The standard InChI is InChI=1S/C6H16O2Si.Si/c1-5-7-9(3,4)8-6-2;/h5-6H2,1-4H3;. The van der Waals surface area contributed by atoms with Crippen LogP contribution in [0.2, 0.25) is 13.1 Å². The van der Waals surface area contributed by atoms with Crippen LogP contribution in [0.5, 0.6) is 0 Å². The van der Waals surface area contributed by atoms with Crippen molar-refractivity contribution in [1.29, 1.82) is 0 Å². The van der Waals surface area contributed by atoms with Crippen LogP contribution in [0.1, 0.15) is 13.8 Å². The Bertz CT molecular complexity index is 68.1. The molecule has 10 heavy (non-hydrogen) atoms. The SMILES string of the molecule is CCO[Si](C)(C)OCC.[Si]. The second-order valence-electron chi connectivity index (χ2n) is 2.27. The highest BCUT2D eigenvalue weighted by Gasteiger charge is 2.22. The van der Waals surface area contributed by atoms with Gasteiger partial charge in [0.05, 0.1) is 0 Å². The Hall–Kier alpha value is 0.354. The van der Waals surface area contributed by atoms with Crippen LogP contribution in [0.3, 0.4) is 0 Å². The van der Waals surface area contributed by atoms with Gasteiger partial charge in [0.15, 0.2) is 0 Å². The maximum atomic E-state index is 5.39. The highest BCUT2D eigenvalue weighted by molar-refractivity contribution is 6.64. The van der Waals surface area contributed by atoms with Crippen LogP contribution in [0.25, 0.3) is 0 Å². The van der Waals surface area contributed by atoms with Gasteiger partial charge in [-0.05, 0) is 26.9 Å². The van der Waals surface area contributed by atoms with Crippen LogP contribution >= 0.6 is 0 Å². The third-order valence-electron chi connectivity index (χ3n) is 0.984. The van der Waals surface area contributed by atoms with Crippen molar-refractivity contribution in [2.75, 3.05) is 13.2 Å². The van der Waals surface area contributed by atoms with Gasteiger partial charge in [0.25, 0.3) is 0 Å². The van der Waals surface area contributed by atoms with Gasteiger partial charge < -0.3 is 8.85 Å². The summed E-state index contributed by atoms with van der Waals surface area (Å²) in [5.41, 5.74) is 0. The molecule has 0 aliphatic rings. The summed E-state index contributed by atoms with van der Waals surface area (Å²) in [6.45, 7) is 9.62. The molecule has 0 saturated heterocycles. The van der Waals surface area contributed by atoms with Gasteiger partial charge in [-0.2, -0.15) is 0 Å². The molecule has 4 heteroatoms. The van der Waals surface area contributed by atoms with Gasteiger partial charge in [0.2, 0.25) is 0 Å². The van der Waals surface area contributed by atoms with Crippen molar-refractivity contribution in [1.82, 2.24) is 0 Å². The fourth-order valence-electron chi connectivity index (χ4n) is 0.737. The molecular weight excluding hydrogens is 160 g/mol. The first-order valence-electron chi connectivity index (χ1n) is 3.40. The minimum absolute atomic E-state index is 0. The minimum atomic E-state index is -1.70. The van der Waals surface area contributed by atoms with Crippen LogP contribution in [-0.2, 0) is 8.85 Å². The molecule has 0 aromatic heterocycles. The lowest BCUT2D eigenvalue weighted by Gasteiger charge is -2.20. The number of rotatable bonds is 4. The van der Waals surface area contributed by atoms with E-state index in [1.165, 1.54) is 0 Å². The number of hydrogen-bond donors (Lipinski definition) is 0. The van der Waals surface area contributed by atoms with Gasteiger partial charge in [-0.3, -0.25) is 0 Å². The van der Waals surface area contributed by atoms with Crippen molar-refractivity contribution < 1.29 is 8.85 Å². The topological polar surface area (TPSA) is 18.5 Å². The summed E-state index contributed by atoms with van der Waals surface area (Å²) in [6.07, 6.45) is 0. The van der Waals surface area contributed by atoms with Gasteiger partial charge in [0.1, 0.15) is 0 Å². The van der Waals surface area contributed by atoms with Gasteiger partial charge in [-0.1, -0.05) is 0 Å². The highest BCUT2D eigenvalue weighted by Crippen LogP contribution is 2.04. The summed E-state index contributed by atoms with van der Waals surface area (Å²) in [7, 11) is -1.70. The Labute approximate surface area is 69.2 Å². The van der Waals surface area contributed by atoms with Crippen molar-refractivity contribution in [2.45, 2.75) is 26.9 Å². The van der Waals surface area contributed by atoms with Crippen LogP contribution in [0, 0.1) is 0 Å². The monoisotopic (exact) mass is 176 g/mol. The molecule has 0 atom stereocenters. The first kappa shape index (κ1) is 13.0. The molecule has 0 spiro atoms. The lowest BCUT2D eigenvalue weighted by Crippen LogP contribution is -2.34. The normalized spacial score (nSPS) is 10.8. The van der Waals surface area contributed by atoms with E-state index in [2.05, 4.69) is 13.1 Å². The highest BCUT2D eigenvalue weighted by atomic mass is 28.4. The molecule has 0 fully saturated rings. The number of hydrogen-bond acceptors (Lipinski definition) is 2. The molecule has 0 saturated carbocycles. The third kappa shape index (κ3) is 6.47. The van der Waals surface area contributed by atoms with E-state index < -0.39 is 8.56 Å². The van der Waals surface area contributed by atoms with E-state index in [-0.39, 0.29) is 11.0 Å². The summed E-state index contributed by atoms with van der Waals surface area (Å²) in [5.74, 6) is 0. The van der Waals surface area contributed by atoms with E-state index in [1.807, 2.05) is 13.8 Å². The Morgan fingerprint density at radius 3 is 1.50 bits per heavy atom. The maximum absolute atomic E-state index is 5.39. The molecule has 0 aromatic rings. The molecule has 0 aliphatic carbocycles. The van der Waals surface area contributed by atoms with Crippen molar-refractivity contribution in [3.05, 3.63) is 0 Å². The predicted molar refractivity (Wildman–Crippen MR) is 46.5 cm³/mol. The Balaban J connectivity index is 0. The Morgan fingerprint density at radius 2 is 1.30 bits per heavy atom. The zero-order valence-corrected chi connectivity index (χ0v) is 9.23. The summed E-state index contributed by atoms with van der Waals surface area (Å²) < 4.78 is 10.8. The molecule has 0 unspecified atom stereocenters. The van der Waals surface area contributed by atoms with Gasteiger partial charge in [-0.15, -0.1) is 0 Å². The van der Waals surface area contributed by atoms with Gasteiger partial charge in [0, 0.05) is 24.2 Å². The predicted octanol–water partition coefficient (Wildman–Crippen LogP) is 1.38. The van der Waals surface area contributed by atoms with E-state index in [1.54, 1.807) is 0 Å². The first-order chi connectivity index (χ1) is 4.12. The summed E-state index contributed by atoms with van der Waals surface area (Å²) in [4.78, 5) is 0. The van der Waals surface area contributed by atoms with Crippen LogP contribution < -0.4 is 0 Å². The van der Waals surface area contributed by atoms with E-state index >= 15 is 0 Å². The average molecular weight is 176 g/mol. The lowest BCUT2D eigenvalue weighted by molar-refractivity contribution is 0.196. The largest absolute Gasteiger partial charge is 0.395 e. The van der Waals surface area contributed by atoms with E-state index in [9.17, 15) is 0 Å². The van der Waals surface area contributed by atoms with Gasteiger partial charge >= 0.3 is 8.56 Å². The molecule has 0 heterocycles. The summed E-state index contributed by atoms with van der Waals surface area (Å²) >= 11 is 0. The Morgan fingerprint density at radius 1 is 1.00 bits per heavy atom. The van der Waals surface area contributed by atoms with E-state index in [0.29, 0.717) is 0 Å². The third-order valence-corrected chi connectivity index (χ3v) is 2.95. The zero-order valence-electron chi connectivity index (χ0n) is 7.23. The smallest absolute Gasteiger partial charge is 0.331 e. The summed E-state index contributed by atoms with van der Waals surface area (Å²) in [5, 5.41) is 0. The molecule has 4 radical (unpaired) electrons. The molecule has 0 aromatic carbocycles. The molecule has 0 N–H and O–H groups in total. The van der Waals surface area contributed by atoms with Crippen LogP contribution in [0.4, 0.5) is 0 Å². The van der Waals surface area contributed by atoms with E-state index in [4.69, 9.17) is 8.85 Å². The average Bonchev–Trinajstić information content (AvgIpc) is 1.64. The molecule has 60 valence electrons. The Kier molecular flexibility index (Phi) is 7.90. The van der Waals surface area contributed by atoms with Crippen molar-refractivity contribution in [2.24, 2.45) is 0 Å². The maximum Gasteiger partial charge on any atom is 0.331 e. The van der Waals surface area contributed by atoms with E-state index in [0.717, 1.165) is 13.2 Å². The lowest BCUT2D eigenvalue weighted by atomic mass is 10.9. The minimum Gasteiger partial charge on any atom is -0.395 e. The molecular formula is C6H16O2Si2. The van der Waals surface area contributed by atoms with Crippen molar-refractivity contribution >= 4 is 19.5 Å². The fraction of sp³-hybridized carbons (Fsp3) is 1.00. The van der Waals surface area contributed by atoms with Crippen molar-refractivity contribution in [3.8, 4) is 0 Å². The molecule has 0 bridgehead atoms. The first-order valence-corrected chi connectivity index (χ1v) is 6.22. The fourth-order valence-corrected chi connectivity index (χ4v) is 2.21. The van der Waals surface area contributed by atoms with Crippen LogP contribution in [-0.4, -0.2) is 32.7 Å². The quantitative estimate of drug-likeness (QED) is 0.603. The molecule has 0 aliphatic heterocycles. The zero-order chi connectivity index (χ0) is 7.33. The van der Waals surface area contributed by atoms with Crippen LogP contribution in [0.15, 0.2) is 0 Å². The molecule has 0 amide bonds. The second kappa shape index (κ2) is 6.09.